The second-order valence-electron chi connectivity index (χ2n) is 10.9. The summed E-state index contributed by atoms with van der Waals surface area (Å²) in [6.45, 7) is 4.44. The van der Waals surface area contributed by atoms with Gasteiger partial charge in [-0.15, -0.1) is 0 Å². The molecule has 0 N–H and O–H groups in total. The summed E-state index contributed by atoms with van der Waals surface area (Å²) in [4.78, 5) is 0. The standard InChI is InChI=1S/C35H43F/c1-3-5-7-8-27-10-12-28(13-11-27)14-15-29-16-18-30(19-17-29)20-21-31-22-25-34-33(26-31)24-23-32(35(34)36)9-6-4-2/h16-19,22-28H,3-15H2,1-2H3. The number of rotatable bonds is 10. The Balaban J connectivity index is 1.29. The van der Waals surface area contributed by atoms with Crippen LogP contribution in [0.4, 0.5) is 4.39 Å². The van der Waals surface area contributed by atoms with E-state index in [1.807, 2.05) is 30.3 Å². The summed E-state index contributed by atoms with van der Waals surface area (Å²) in [7, 11) is 0. The smallest absolute Gasteiger partial charge is 0.134 e. The van der Waals surface area contributed by atoms with Crippen molar-refractivity contribution in [3.05, 3.63) is 82.7 Å². The van der Waals surface area contributed by atoms with E-state index in [2.05, 4.69) is 50.0 Å². The van der Waals surface area contributed by atoms with Crippen LogP contribution in [-0.4, -0.2) is 0 Å². The summed E-state index contributed by atoms with van der Waals surface area (Å²) in [5.41, 5.74) is 4.20. The third kappa shape index (κ3) is 7.46. The Hall–Kier alpha value is -2.59. The van der Waals surface area contributed by atoms with Crippen LogP contribution in [0.25, 0.3) is 10.8 Å². The van der Waals surface area contributed by atoms with Crippen LogP contribution < -0.4 is 0 Å². The monoisotopic (exact) mass is 482 g/mol. The van der Waals surface area contributed by atoms with E-state index in [-0.39, 0.29) is 5.82 Å². The second kappa shape index (κ2) is 13.6. The maximum absolute atomic E-state index is 14.8. The number of unbranched alkanes of at least 4 members (excludes halogenated alkanes) is 3. The number of halogens is 1. The maximum Gasteiger partial charge on any atom is 0.134 e. The third-order valence-corrected chi connectivity index (χ3v) is 8.16. The molecule has 0 heterocycles. The van der Waals surface area contributed by atoms with Crippen molar-refractivity contribution in [2.45, 2.75) is 97.3 Å². The van der Waals surface area contributed by atoms with Crippen molar-refractivity contribution in [3.63, 3.8) is 0 Å². The molecule has 36 heavy (non-hydrogen) atoms. The van der Waals surface area contributed by atoms with Gasteiger partial charge < -0.3 is 0 Å². The molecular weight excluding hydrogens is 439 g/mol. The zero-order valence-electron chi connectivity index (χ0n) is 22.4. The zero-order chi connectivity index (χ0) is 25.2. The Morgan fingerprint density at radius 3 is 2.08 bits per heavy atom. The molecular formula is C35H43F. The molecule has 0 amide bonds. The van der Waals surface area contributed by atoms with Crippen LogP contribution in [0.3, 0.4) is 0 Å². The van der Waals surface area contributed by atoms with Crippen LogP contribution >= 0.6 is 0 Å². The lowest BCUT2D eigenvalue weighted by Gasteiger charge is -2.28. The van der Waals surface area contributed by atoms with Crippen molar-refractivity contribution in [2.24, 2.45) is 11.8 Å². The van der Waals surface area contributed by atoms with Crippen LogP contribution in [0.2, 0.25) is 0 Å². The molecule has 1 saturated carbocycles. The van der Waals surface area contributed by atoms with E-state index in [1.54, 1.807) is 0 Å². The molecule has 0 atom stereocenters. The van der Waals surface area contributed by atoms with Crippen molar-refractivity contribution in [1.29, 1.82) is 0 Å². The summed E-state index contributed by atoms with van der Waals surface area (Å²) in [5.74, 6) is 8.40. The van der Waals surface area contributed by atoms with Crippen molar-refractivity contribution < 1.29 is 4.39 Å². The Morgan fingerprint density at radius 1 is 0.694 bits per heavy atom. The molecule has 0 bridgehead atoms. The van der Waals surface area contributed by atoms with Gasteiger partial charge in [0.25, 0.3) is 0 Å². The molecule has 0 spiro atoms. The van der Waals surface area contributed by atoms with Gasteiger partial charge in [-0.2, -0.15) is 0 Å². The quantitative estimate of drug-likeness (QED) is 0.199. The van der Waals surface area contributed by atoms with Crippen molar-refractivity contribution >= 4 is 10.8 Å². The normalized spacial score (nSPS) is 17.6. The molecule has 1 heteroatoms. The molecule has 4 rings (SSSR count). The van der Waals surface area contributed by atoms with Crippen molar-refractivity contribution in [2.75, 3.05) is 0 Å². The van der Waals surface area contributed by atoms with Crippen LogP contribution in [0, 0.1) is 29.5 Å². The molecule has 0 aromatic heterocycles. The molecule has 0 aliphatic heterocycles. The first-order valence-electron chi connectivity index (χ1n) is 14.5. The largest absolute Gasteiger partial charge is 0.206 e. The lowest BCUT2D eigenvalue weighted by Crippen LogP contribution is -2.15. The number of hydrogen-bond donors (Lipinski definition) is 0. The summed E-state index contributed by atoms with van der Waals surface area (Å²) in [6, 6.07) is 18.6. The van der Waals surface area contributed by atoms with E-state index in [4.69, 9.17) is 0 Å². The fraction of sp³-hybridized carbons (Fsp3) is 0.486. The molecule has 1 aliphatic carbocycles. The molecule has 1 fully saturated rings. The number of fused-ring (bicyclic) bond motifs is 1. The van der Waals surface area contributed by atoms with Crippen molar-refractivity contribution in [3.8, 4) is 11.8 Å². The summed E-state index contributed by atoms with van der Waals surface area (Å²) < 4.78 is 14.8. The molecule has 190 valence electrons. The van der Waals surface area contributed by atoms with Gasteiger partial charge in [-0.05, 0) is 78.3 Å². The van der Waals surface area contributed by atoms with Gasteiger partial charge in [-0.25, -0.2) is 4.39 Å². The fourth-order valence-electron chi connectivity index (χ4n) is 5.74. The summed E-state index contributed by atoms with van der Waals surface area (Å²) >= 11 is 0. The Kier molecular flexibility index (Phi) is 10.0. The van der Waals surface area contributed by atoms with Gasteiger partial charge in [0.15, 0.2) is 0 Å². The van der Waals surface area contributed by atoms with Crippen molar-refractivity contribution in [1.82, 2.24) is 0 Å². The first kappa shape index (κ1) is 26.5. The number of benzene rings is 3. The van der Waals surface area contributed by atoms with Gasteiger partial charge in [0.2, 0.25) is 0 Å². The Labute approximate surface area is 218 Å². The summed E-state index contributed by atoms with van der Waals surface area (Å²) in [5, 5.41) is 1.62. The second-order valence-corrected chi connectivity index (χ2v) is 10.9. The van der Waals surface area contributed by atoms with E-state index in [0.29, 0.717) is 5.39 Å². The zero-order valence-corrected chi connectivity index (χ0v) is 22.4. The number of aryl methyl sites for hydroxylation is 2. The predicted octanol–water partition coefficient (Wildman–Crippen LogP) is 10.0. The maximum atomic E-state index is 14.8. The Morgan fingerprint density at radius 2 is 1.36 bits per heavy atom. The highest BCUT2D eigenvalue weighted by molar-refractivity contribution is 5.85. The van der Waals surface area contributed by atoms with Gasteiger partial charge in [0, 0.05) is 16.5 Å². The highest BCUT2D eigenvalue weighted by Crippen LogP contribution is 2.34. The highest BCUT2D eigenvalue weighted by Gasteiger charge is 2.20. The van der Waals surface area contributed by atoms with E-state index in [9.17, 15) is 4.39 Å². The third-order valence-electron chi connectivity index (χ3n) is 8.16. The Bertz CT molecular complexity index is 1150. The van der Waals surface area contributed by atoms with Crippen LogP contribution in [0.15, 0.2) is 54.6 Å². The SMILES string of the molecule is CCCCCC1CCC(CCc2ccc(C#Cc3ccc4c(F)c(CCCC)ccc4c3)cc2)CC1. The van der Waals surface area contributed by atoms with Gasteiger partial charge in [-0.1, -0.05) is 114 Å². The highest BCUT2D eigenvalue weighted by atomic mass is 19.1. The van der Waals surface area contributed by atoms with Crippen LogP contribution in [0.5, 0.6) is 0 Å². The predicted molar refractivity (Wildman–Crippen MR) is 153 cm³/mol. The average Bonchev–Trinajstić information content (AvgIpc) is 2.92. The molecule has 3 aromatic carbocycles. The molecule has 0 unspecified atom stereocenters. The van der Waals surface area contributed by atoms with E-state index >= 15 is 0 Å². The molecule has 0 nitrogen and oxygen atoms in total. The summed E-state index contributed by atoms with van der Waals surface area (Å²) in [6.07, 6.45) is 16.8. The van der Waals surface area contributed by atoms with E-state index in [0.717, 1.165) is 53.2 Å². The van der Waals surface area contributed by atoms with Gasteiger partial charge in [0.05, 0.1) is 0 Å². The van der Waals surface area contributed by atoms with Gasteiger partial charge >= 0.3 is 0 Å². The molecule has 1 aliphatic rings. The van der Waals surface area contributed by atoms with E-state index in [1.165, 1.54) is 69.8 Å². The lowest BCUT2D eigenvalue weighted by atomic mass is 9.78. The molecule has 0 radical (unpaired) electrons. The topological polar surface area (TPSA) is 0 Å². The van der Waals surface area contributed by atoms with Crippen LogP contribution in [-0.2, 0) is 12.8 Å². The average molecular weight is 483 g/mol. The van der Waals surface area contributed by atoms with Gasteiger partial charge in [-0.3, -0.25) is 0 Å². The minimum Gasteiger partial charge on any atom is -0.206 e. The minimum atomic E-state index is -0.0731. The van der Waals surface area contributed by atoms with Crippen LogP contribution in [0.1, 0.15) is 107 Å². The van der Waals surface area contributed by atoms with E-state index < -0.39 is 0 Å². The number of hydrogen-bond acceptors (Lipinski definition) is 0. The molecule has 0 saturated heterocycles. The lowest BCUT2D eigenvalue weighted by molar-refractivity contribution is 0.249. The molecule has 3 aromatic rings. The van der Waals surface area contributed by atoms with Gasteiger partial charge in [0.1, 0.15) is 5.82 Å². The fourth-order valence-corrected chi connectivity index (χ4v) is 5.74. The first-order valence-corrected chi connectivity index (χ1v) is 14.5. The first-order chi connectivity index (χ1) is 17.7. The minimum absolute atomic E-state index is 0.0731.